The monoisotopic (exact) mass is 652 g/mol. The van der Waals surface area contributed by atoms with E-state index in [-0.39, 0.29) is 10.8 Å². The molecular formula is C51H40. The van der Waals surface area contributed by atoms with Crippen LogP contribution in [-0.4, -0.2) is 0 Å². The molecule has 0 unspecified atom stereocenters. The van der Waals surface area contributed by atoms with Crippen molar-refractivity contribution in [2.45, 2.75) is 45.4 Å². The second-order valence-electron chi connectivity index (χ2n) is 16.1. The molecule has 9 aromatic carbocycles. The maximum absolute atomic E-state index is 2.49. The zero-order valence-electron chi connectivity index (χ0n) is 29.9. The van der Waals surface area contributed by atoms with Gasteiger partial charge in [0.25, 0.3) is 0 Å². The van der Waals surface area contributed by atoms with Gasteiger partial charge in [-0.15, -0.1) is 0 Å². The molecule has 0 radical (unpaired) electrons. The summed E-state index contributed by atoms with van der Waals surface area (Å²) >= 11 is 0. The van der Waals surface area contributed by atoms with Gasteiger partial charge in [-0.1, -0.05) is 174 Å². The summed E-state index contributed by atoms with van der Waals surface area (Å²) in [7, 11) is 0. The van der Waals surface area contributed by atoms with E-state index < -0.39 is 0 Å². The zero-order valence-corrected chi connectivity index (χ0v) is 29.9. The minimum Gasteiger partial charge on any atom is -0.0616 e. The lowest BCUT2D eigenvalue weighted by Gasteiger charge is -2.27. The van der Waals surface area contributed by atoms with Crippen LogP contribution in [0.1, 0.15) is 51.3 Å². The van der Waals surface area contributed by atoms with Gasteiger partial charge in [0.2, 0.25) is 0 Å². The van der Waals surface area contributed by atoms with E-state index in [9.17, 15) is 0 Å². The first kappa shape index (κ1) is 30.1. The topological polar surface area (TPSA) is 0 Å². The predicted octanol–water partition coefficient (Wildman–Crippen LogP) is 14.4. The van der Waals surface area contributed by atoms with Crippen molar-refractivity contribution in [3.05, 3.63) is 168 Å². The van der Waals surface area contributed by atoms with Crippen LogP contribution in [0.4, 0.5) is 0 Å². The van der Waals surface area contributed by atoms with Crippen molar-refractivity contribution in [1.82, 2.24) is 0 Å². The Balaban J connectivity index is 1.24. The Morgan fingerprint density at radius 2 is 0.922 bits per heavy atom. The van der Waals surface area contributed by atoms with Crippen LogP contribution in [0.5, 0.6) is 0 Å². The molecule has 0 saturated heterocycles. The molecule has 0 N–H and O–H groups in total. The second kappa shape index (κ2) is 10.6. The van der Waals surface area contributed by atoms with Crippen molar-refractivity contribution >= 4 is 53.9 Å². The Kier molecular flexibility index (Phi) is 6.29. The maximum Gasteiger partial charge on any atom is 0.0165 e. The Bertz CT molecular complexity index is 2910. The normalized spacial score (nSPS) is 13.7. The summed E-state index contributed by atoms with van der Waals surface area (Å²) in [6, 6.07) is 57.0. The average Bonchev–Trinajstić information content (AvgIpc) is 3.39. The summed E-state index contributed by atoms with van der Waals surface area (Å²) in [5.74, 6) is 0. The number of rotatable bonds is 2. The molecule has 1 aliphatic carbocycles. The minimum absolute atomic E-state index is 0.0581. The van der Waals surface area contributed by atoms with E-state index in [1.54, 1.807) is 0 Å². The van der Waals surface area contributed by atoms with Gasteiger partial charge >= 0.3 is 0 Å². The van der Waals surface area contributed by atoms with Crippen molar-refractivity contribution in [3.63, 3.8) is 0 Å². The van der Waals surface area contributed by atoms with Crippen LogP contribution >= 0.6 is 0 Å². The summed E-state index contributed by atoms with van der Waals surface area (Å²) in [4.78, 5) is 0. The fourth-order valence-electron chi connectivity index (χ4n) is 9.56. The first-order valence-corrected chi connectivity index (χ1v) is 18.3. The van der Waals surface area contributed by atoms with E-state index in [4.69, 9.17) is 0 Å². The molecule has 0 aromatic heterocycles. The zero-order chi connectivity index (χ0) is 34.6. The van der Waals surface area contributed by atoms with Crippen molar-refractivity contribution in [3.8, 4) is 33.4 Å². The van der Waals surface area contributed by atoms with E-state index >= 15 is 0 Å². The summed E-state index contributed by atoms with van der Waals surface area (Å²) in [5, 5.41) is 13.2. The molecule has 51 heavy (non-hydrogen) atoms. The van der Waals surface area contributed by atoms with Crippen LogP contribution in [0, 0.1) is 0 Å². The summed E-state index contributed by atoms with van der Waals surface area (Å²) in [6.45, 7) is 11.9. The highest BCUT2D eigenvalue weighted by atomic mass is 14.4. The van der Waals surface area contributed by atoms with Gasteiger partial charge in [-0.3, -0.25) is 0 Å². The van der Waals surface area contributed by atoms with Gasteiger partial charge in [0.15, 0.2) is 0 Å². The van der Waals surface area contributed by atoms with Gasteiger partial charge in [-0.05, 0) is 121 Å². The number of hydrogen-bond donors (Lipinski definition) is 0. The average molecular weight is 653 g/mol. The molecule has 1 aliphatic rings. The molecule has 244 valence electrons. The molecule has 9 aromatic rings. The van der Waals surface area contributed by atoms with Crippen LogP contribution in [0.3, 0.4) is 0 Å². The molecule has 0 heterocycles. The summed E-state index contributed by atoms with van der Waals surface area (Å²) < 4.78 is 0. The molecule has 0 heteroatoms. The van der Waals surface area contributed by atoms with Gasteiger partial charge in [-0.2, -0.15) is 0 Å². The third-order valence-electron chi connectivity index (χ3n) is 11.7. The first-order chi connectivity index (χ1) is 24.7. The molecule has 0 nitrogen and oxygen atoms in total. The molecule has 0 amide bonds. The van der Waals surface area contributed by atoms with Crippen LogP contribution < -0.4 is 0 Å². The Morgan fingerprint density at radius 3 is 1.65 bits per heavy atom. The standard InChI is InChI=1S/C51H40/c1-50(2,3)48-42-23-13-11-21-39(42)46(37-24-14-16-31-15-6-7-17-34(31)37)40-27-25-32(29-44(40)48)33-26-28-43-45(30-33)51(4,5)49-41-22-12-9-19-36(41)35-18-8-10-20-38(35)47(43)49/h6-30H,1-5H3. The Morgan fingerprint density at radius 1 is 0.392 bits per heavy atom. The van der Waals surface area contributed by atoms with E-state index in [1.807, 2.05) is 0 Å². The minimum atomic E-state index is -0.143. The van der Waals surface area contributed by atoms with Gasteiger partial charge in [0.05, 0.1) is 0 Å². The van der Waals surface area contributed by atoms with Crippen molar-refractivity contribution in [1.29, 1.82) is 0 Å². The quantitative estimate of drug-likeness (QED) is 0.129. The van der Waals surface area contributed by atoms with Crippen LogP contribution in [0.25, 0.3) is 87.2 Å². The smallest absolute Gasteiger partial charge is 0.0165 e. The summed E-state index contributed by atoms with van der Waals surface area (Å²) in [6.07, 6.45) is 0. The van der Waals surface area contributed by atoms with Gasteiger partial charge in [0, 0.05) is 5.41 Å². The lowest BCUT2D eigenvalue weighted by Crippen LogP contribution is -2.15. The fraction of sp³-hybridized carbons (Fsp3) is 0.137. The lowest BCUT2D eigenvalue weighted by atomic mass is 9.76. The van der Waals surface area contributed by atoms with Crippen LogP contribution in [-0.2, 0) is 10.8 Å². The first-order valence-electron chi connectivity index (χ1n) is 18.3. The van der Waals surface area contributed by atoms with Crippen LogP contribution in [0.2, 0.25) is 0 Å². The number of hydrogen-bond acceptors (Lipinski definition) is 0. The fourth-order valence-corrected chi connectivity index (χ4v) is 9.56. The number of benzene rings is 9. The van der Waals surface area contributed by atoms with Gasteiger partial charge in [0.1, 0.15) is 0 Å². The molecular weight excluding hydrogens is 613 g/mol. The largest absolute Gasteiger partial charge is 0.0616 e. The van der Waals surface area contributed by atoms with Crippen molar-refractivity contribution in [2.24, 2.45) is 0 Å². The van der Waals surface area contributed by atoms with E-state index in [2.05, 4.69) is 186 Å². The molecule has 0 fully saturated rings. The second-order valence-corrected chi connectivity index (χ2v) is 16.1. The van der Waals surface area contributed by atoms with E-state index in [0.29, 0.717) is 0 Å². The lowest BCUT2D eigenvalue weighted by molar-refractivity contribution is 0.601. The highest BCUT2D eigenvalue weighted by molar-refractivity contribution is 6.20. The maximum atomic E-state index is 2.49. The number of fused-ring (bicyclic) bond motifs is 11. The Hall–Kier alpha value is -5.72. The Labute approximate surface area is 300 Å². The van der Waals surface area contributed by atoms with E-state index in [0.717, 1.165) is 0 Å². The SMILES string of the molecule is CC(C)(C)c1c2ccccc2c(-c2cccc3ccccc23)c2ccc(-c3ccc4c(c3)C(C)(C)c3c-4c4ccccc4c4ccccc34)cc12. The third kappa shape index (κ3) is 4.26. The van der Waals surface area contributed by atoms with E-state index in [1.165, 1.54) is 104 Å². The molecule has 10 rings (SSSR count). The molecule has 0 atom stereocenters. The third-order valence-corrected chi connectivity index (χ3v) is 11.7. The van der Waals surface area contributed by atoms with Crippen molar-refractivity contribution < 1.29 is 0 Å². The predicted molar refractivity (Wildman–Crippen MR) is 221 cm³/mol. The molecule has 0 spiro atoms. The summed E-state index contributed by atoms with van der Waals surface area (Å²) in [5.41, 5.74) is 12.0. The van der Waals surface area contributed by atoms with Gasteiger partial charge < -0.3 is 0 Å². The molecule has 0 aliphatic heterocycles. The highest BCUT2D eigenvalue weighted by Gasteiger charge is 2.38. The van der Waals surface area contributed by atoms with Crippen LogP contribution in [0.15, 0.2) is 152 Å². The van der Waals surface area contributed by atoms with Gasteiger partial charge in [-0.25, -0.2) is 0 Å². The molecule has 0 bridgehead atoms. The molecule has 0 saturated carbocycles. The van der Waals surface area contributed by atoms with Crippen molar-refractivity contribution in [2.75, 3.05) is 0 Å². The highest BCUT2D eigenvalue weighted by Crippen LogP contribution is 2.55.